The molecule has 2 aliphatic rings. The number of carbonyl (C=O) groups is 2. The molecule has 2 fully saturated rings. The zero-order chi connectivity index (χ0) is 17.4. The fourth-order valence-electron chi connectivity index (χ4n) is 3.88. The maximum absolute atomic E-state index is 12.8. The van der Waals surface area contributed by atoms with Crippen LogP contribution in [-0.4, -0.2) is 46.5 Å². The molecular formula is C19H22N4O2. The first-order valence-electron chi connectivity index (χ1n) is 8.74. The number of carbonyl (C=O) groups excluding carboxylic acids is 2. The van der Waals surface area contributed by atoms with E-state index in [0.29, 0.717) is 12.5 Å². The molecule has 130 valence electrons. The van der Waals surface area contributed by atoms with Crippen LogP contribution in [0.5, 0.6) is 0 Å². The van der Waals surface area contributed by atoms with Gasteiger partial charge in [-0.25, -0.2) is 0 Å². The van der Waals surface area contributed by atoms with E-state index in [0.717, 1.165) is 18.5 Å². The number of aromatic nitrogens is 2. The summed E-state index contributed by atoms with van der Waals surface area (Å²) in [6.45, 7) is 0.441. The van der Waals surface area contributed by atoms with Crippen LogP contribution >= 0.6 is 0 Å². The van der Waals surface area contributed by atoms with E-state index < -0.39 is 0 Å². The van der Waals surface area contributed by atoms with Crippen LogP contribution in [0, 0.1) is 5.92 Å². The van der Waals surface area contributed by atoms with Crippen LogP contribution < -0.4 is 4.90 Å². The van der Waals surface area contributed by atoms with Crippen LogP contribution in [0.4, 0.5) is 5.69 Å². The number of H-pyrrole nitrogens is 1. The zero-order valence-electron chi connectivity index (χ0n) is 14.3. The smallest absolute Gasteiger partial charge is 0.228 e. The fraction of sp³-hybridized carbons (Fsp3) is 0.421. The summed E-state index contributed by atoms with van der Waals surface area (Å²) in [5.41, 5.74) is 2.08. The molecule has 0 bridgehead atoms. The van der Waals surface area contributed by atoms with Crippen molar-refractivity contribution in [1.29, 1.82) is 0 Å². The number of benzene rings is 1. The normalized spacial score (nSPS) is 25.7. The lowest BCUT2D eigenvalue weighted by atomic mass is 9.75. The molecule has 1 saturated carbocycles. The van der Waals surface area contributed by atoms with Crippen LogP contribution in [0.3, 0.4) is 0 Å². The number of rotatable bonds is 4. The van der Waals surface area contributed by atoms with Gasteiger partial charge in [-0.3, -0.25) is 14.7 Å². The van der Waals surface area contributed by atoms with Gasteiger partial charge in [-0.05, 0) is 24.3 Å². The quantitative estimate of drug-likeness (QED) is 0.929. The van der Waals surface area contributed by atoms with Gasteiger partial charge in [-0.1, -0.05) is 30.3 Å². The van der Waals surface area contributed by atoms with Gasteiger partial charge in [0.2, 0.25) is 11.8 Å². The zero-order valence-corrected chi connectivity index (χ0v) is 14.3. The lowest BCUT2D eigenvalue weighted by Gasteiger charge is -2.42. The summed E-state index contributed by atoms with van der Waals surface area (Å²) >= 11 is 0. The first kappa shape index (κ1) is 15.9. The van der Waals surface area contributed by atoms with Crippen molar-refractivity contribution in [3.63, 3.8) is 0 Å². The number of hydrogen-bond acceptors (Lipinski definition) is 3. The van der Waals surface area contributed by atoms with Gasteiger partial charge in [0, 0.05) is 32.3 Å². The maximum Gasteiger partial charge on any atom is 0.228 e. The second-order valence-electron chi connectivity index (χ2n) is 7.04. The summed E-state index contributed by atoms with van der Waals surface area (Å²) in [5.74, 6) is 0.344. The third-order valence-electron chi connectivity index (χ3n) is 5.55. The van der Waals surface area contributed by atoms with E-state index in [9.17, 15) is 9.59 Å². The molecule has 4 rings (SSSR count). The number of nitrogens with one attached hydrogen (secondary N) is 1. The Bertz CT molecular complexity index is 753. The van der Waals surface area contributed by atoms with E-state index in [1.807, 2.05) is 18.0 Å². The van der Waals surface area contributed by atoms with Gasteiger partial charge < -0.3 is 9.80 Å². The van der Waals surface area contributed by atoms with Crippen molar-refractivity contribution in [2.24, 2.45) is 5.92 Å². The van der Waals surface area contributed by atoms with Crippen LogP contribution in [0.25, 0.3) is 0 Å². The summed E-state index contributed by atoms with van der Waals surface area (Å²) in [6.07, 6.45) is 5.58. The summed E-state index contributed by atoms with van der Waals surface area (Å²) in [4.78, 5) is 28.5. The third-order valence-corrected chi connectivity index (χ3v) is 5.55. The van der Waals surface area contributed by atoms with Gasteiger partial charge in [0.05, 0.1) is 17.8 Å². The average Bonchev–Trinajstić information content (AvgIpc) is 3.23. The second kappa shape index (κ2) is 6.35. The van der Waals surface area contributed by atoms with Crippen LogP contribution in [0.1, 0.15) is 30.7 Å². The highest BCUT2D eigenvalue weighted by Gasteiger charge is 2.41. The minimum absolute atomic E-state index is 0.0103. The highest BCUT2D eigenvalue weighted by atomic mass is 16.2. The van der Waals surface area contributed by atoms with Crippen molar-refractivity contribution in [3.8, 4) is 0 Å². The molecule has 1 saturated heterocycles. The molecule has 1 aromatic carbocycles. The van der Waals surface area contributed by atoms with Crippen LogP contribution in [-0.2, 0) is 9.59 Å². The van der Waals surface area contributed by atoms with Crippen molar-refractivity contribution >= 4 is 17.5 Å². The predicted octanol–water partition coefficient (Wildman–Crippen LogP) is 2.17. The van der Waals surface area contributed by atoms with Gasteiger partial charge in [-0.15, -0.1) is 0 Å². The SMILES string of the molecule is CN(C(=O)C1CC(=O)N(c2cn[nH]c2)C1)C1CC(c2ccccc2)C1. The molecule has 0 radical (unpaired) electrons. The monoisotopic (exact) mass is 338 g/mol. The van der Waals surface area contributed by atoms with Gasteiger partial charge in [0.15, 0.2) is 0 Å². The number of anilines is 1. The van der Waals surface area contributed by atoms with Crippen molar-refractivity contribution in [1.82, 2.24) is 15.1 Å². The van der Waals surface area contributed by atoms with Crippen LogP contribution in [0.15, 0.2) is 42.7 Å². The molecule has 6 heteroatoms. The molecule has 1 aliphatic carbocycles. The van der Waals surface area contributed by atoms with Crippen molar-refractivity contribution < 1.29 is 9.59 Å². The summed E-state index contributed by atoms with van der Waals surface area (Å²) in [7, 11) is 1.87. The van der Waals surface area contributed by atoms with E-state index in [1.54, 1.807) is 17.3 Å². The molecule has 2 heterocycles. The fourth-order valence-corrected chi connectivity index (χ4v) is 3.88. The number of hydrogen-bond donors (Lipinski definition) is 1. The van der Waals surface area contributed by atoms with E-state index in [-0.39, 0.29) is 30.2 Å². The van der Waals surface area contributed by atoms with E-state index in [1.165, 1.54) is 5.56 Å². The highest BCUT2D eigenvalue weighted by Crippen LogP contribution is 2.40. The first-order chi connectivity index (χ1) is 12.1. The minimum atomic E-state index is -0.261. The topological polar surface area (TPSA) is 69.3 Å². The Labute approximate surface area is 146 Å². The summed E-state index contributed by atoms with van der Waals surface area (Å²) in [6, 6.07) is 10.7. The summed E-state index contributed by atoms with van der Waals surface area (Å²) < 4.78 is 0. The number of nitrogens with zero attached hydrogens (tertiary/aromatic N) is 3. The van der Waals surface area contributed by atoms with Crippen LogP contribution in [0.2, 0.25) is 0 Å². The van der Waals surface area contributed by atoms with E-state index >= 15 is 0 Å². The van der Waals surface area contributed by atoms with E-state index in [4.69, 9.17) is 0 Å². The van der Waals surface area contributed by atoms with Gasteiger partial charge in [-0.2, -0.15) is 5.10 Å². The van der Waals surface area contributed by atoms with Gasteiger partial charge >= 0.3 is 0 Å². The molecule has 1 atom stereocenters. The largest absolute Gasteiger partial charge is 0.342 e. The Morgan fingerprint density at radius 3 is 2.72 bits per heavy atom. The maximum atomic E-state index is 12.8. The first-order valence-corrected chi connectivity index (χ1v) is 8.74. The Morgan fingerprint density at radius 2 is 2.04 bits per heavy atom. The summed E-state index contributed by atoms with van der Waals surface area (Å²) in [5, 5.41) is 6.59. The lowest BCUT2D eigenvalue weighted by Crippen LogP contribution is -2.47. The predicted molar refractivity (Wildman–Crippen MR) is 94.0 cm³/mol. The Morgan fingerprint density at radius 1 is 1.28 bits per heavy atom. The standard InChI is InChI=1S/C19H22N4O2/c1-22(16-7-14(8-16)13-5-3-2-4-6-13)19(25)15-9-18(24)23(12-15)17-10-20-21-11-17/h2-6,10-11,14-16H,7-9,12H2,1H3,(H,20,21). The minimum Gasteiger partial charge on any atom is -0.342 e. The Hall–Kier alpha value is -2.63. The molecule has 25 heavy (non-hydrogen) atoms. The molecule has 6 nitrogen and oxygen atoms in total. The highest BCUT2D eigenvalue weighted by molar-refractivity contribution is 6.00. The Balaban J connectivity index is 1.35. The molecular weight excluding hydrogens is 316 g/mol. The number of aromatic amines is 1. The van der Waals surface area contributed by atoms with Crippen molar-refractivity contribution in [2.75, 3.05) is 18.5 Å². The second-order valence-corrected chi connectivity index (χ2v) is 7.04. The Kier molecular flexibility index (Phi) is 4.03. The molecule has 1 N–H and O–H groups in total. The molecule has 1 aromatic heterocycles. The average molecular weight is 338 g/mol. The van der Waals surface area contributed by atoms with Crippen molar-refractivity contribution in [3.05, 3.63) is 48.3 Å². The molecule has 2 amide bonds. The third kappa shape index (κ3) is 2.92. The van der Waals surface area contributed by atoms with Gasteiger partial charge in [0.1, 0.15) is 0 Å². The van der Waals surface area contributed by atoms with E-state index in [2.05, 4.69) is 34.5 Å². The molecule has 2 aromatic rings. The lowest BCUT2D eigenvalue weighted by molar-refractivity contribution is -0.138. The molecule has 1 aliphatic heterocycles. The molecule has 1 unspecified atom stereocenters. The molecule has 0 spiro atoms. The number of amides is 2. The van der Waals surface area contributed by atoms with Gasteiger partial charge in [0.25, 0.3) is 0 Å². The van der Waals surface area contributed by atoms with Crippen molar-refractivity contribution in [2.45, 2.75) is 31.2 Å².